The van der Waals surface area contributed by atoms with Gasteiger partial charge in [0, 0.05) is 12.5 Å². The summed E-state index contributed by atoms with van der Waals surface area (Å²) in [4.78, 5) is 12.1. The molecule has 6 heteroatoms. The Labute approximate surface area is 128 Å². The van der Waals surface area contributed by atoms with Crippen molar-refractivity contribution in [3.63, 3.8) is 0 Å². The van der Waals surface area contributed by atoms with Crippen LogP contribution in [0.1, 0.15) is 11.1 Å². The van der Waals surface area contributed by atoms with E-state index in [1.54, 1.807) is 12.3 Å². The first-order valence-corrected chi connectivity index (χ1v) is 6.99. The van der Waals surface area contributed by atoms with E-state index in [2.05, 4.69) is 5.10 Å². The molecule has 0 unspecified atom stereocenters. The number of ether oxygens (including phenoxy) is 1. The first-order chi connectivity index (χ1) is 10.0. The molecule has 0 atom stereocenters. The monoisotopic (exact) mass is 303 g/mol. The number of hydrogen-bond acceptors (Lipinski definition) is 4. The molecule has 1 heterocycles. The lowest BCUT2D eigenvalue weighted by atomic mass is 10.1. The van der Waals surface area contributed by atoms with E-state index in [-0.39, 0.29) is 5.56 Å². The molecule has 1 aromatic heterocycles. The zero-order chi connectivity index (χ0) is 15.2. The van der Waals surface area contributed by atoms with Crippen molar-refractivity contribution in [2.45, 2.75) is 19.9 Å². The Morgan fingerprint density at radius 2 is 2.10 bits per heavy atom. The lowest BCUT2D eigenvalue weighted by molar-refractivity contribution is 0.287. The standard InChI is InChI=1S/C15H17N3O2S/c1-11-8-15(19)18(17-10-11)6-7-20-13-4-2-12(3-5-13)9-14(16)21/h2-5,8,10H,6-7,9H2,1H3,(H2,16,21). The normalized spacial score (nSPS) is 10.3. The Bertz CT molecular complexity index is 680. The summed E-state index contributed by atoms with van der Waals surface area (Å²) in [5.74, 6) is 0.738. The second-order valence-electron chi connectivity index (χ2n) is 4.73. The largest absolute Gasteiger partial charge is 0.492 e. The topological polar surface area (TPSA) is 70.1 Å². The van der Waals surface area contributed by atoms with Crippen molar-refractivity contribution >= 4 is 17.2 Å². The molecule has 1 aromatic carbocycles. The minimum absolute atomic E-state index is 0.120. The molecule has 0 saturated carbocycles. The van der Waals surface area contributed by atoms with Crippen molar-refractivity contribution in [2.24, 2.45) is 5.73 Å². The van der Waals surface area contributed by atoms with E-state index in [9.17, 15) is 4.79 Å². The van der Waals surface area contributed by atoms with Gasteiger partial charge in [-0.3, -0.25) is 4.79 Å². The van der Waals surface area contributed by atoms with Crippen LogP contribution in [0.2, 0.25) is 0 Å². The van der Waals surface area contributed by atoms with Gasteiger partial charge in [-0.05, 0) is 30.2 Å². The summed E-state index contributed by atoms with van der Waals surface area (Å²) in [6.45, 7) is 2.63. The van der Waals surface area contributed by atoms with Crippen LogP contribution in [-0.4, -0.2) is 21.4 Å². The van der Waals surface area contributed by atoms with E-state index in [1.807, 2.05) is 31.2 Å². The highest BCUT2D eigenvalue weighted by atomic mass is 32.1. The minimum Gasteiger partial charge on any atom is -0.492 e. The second-order valence-corrected chi connectivity index (χ2v) is 5.25. The first-order valence-electron chi connectivity index (χ1n) is 6.58. The molecule has 5 nitrogen and oxygen atoms in total. The molecule has 2 aromatic rings. The van der Waals surface area contributed by atoms with Gasteiger partial charge in [-0.1, -0.05) is 24.4 Å². The molecular formula is C15H17N3O2S. The van der Waals surface area contributed by atoms with E-state index in [0.29, 0.717) is 24.6 Å². The van der Waals surface area contributed by atoms with E-state index >= 15 is 0 Å². The Morgan fingerprint density at radius 1 is 1.38 bits per heavy atom. The van der Waals surface area contributed by atoms with Crippen LogP contribution in [0.3, 0.4) is 0 Å². The summed E-state index contributed by atoms with van der Waals surface area (Å²) in [6.07, 6.45) is 2.24. The number of rotatable bonds is 6. The van der Waals surface area contributed by atoms with Crippen LogP contribution in [0.25, 0.3) is 0 Å². The maximum Gasteiger partial charge on any atom is 0.267 e. The number of aryl methyl sites for hydroxylation is 1. The average molecular weight is 303 g/mol. The van der Waals surface area contributed by atoms with Gasteiger partial charge in [0.1, 0.15) is 12.4 Å². The molecule has 2 rings (SSSR count). The van der Waals surface area contributed by atoms with Gasteiger partial charge in [-0.15, -0.1) is 0 Å². The number of nitrogens with zero attached hydrogens (tertiary/aromatic N) is 2. The highest BCUT2D eigenvalue weighted by Gasteiger charge is 2.00. The molecule has 0 saturated heterocycles. The number of hydrogen-bond donors (Lipinski definition) is 1. The third-order valence-corrected chi connectivity index (χ3v) is 3.02. The quantitative estimate of drug-likeness (QED) is 0.818. The second kappa shape index (κ2) is 6.99. The van der Waals surface area contributed by atoms with E-state index in [1.165, 1.54) is 4.68 Å². The average Bonchev–Trinajstić information content (AvgIpc) is 2.42. The molecule has 110 valence electrons. The van der Waals surface area contributed by atoms with Crippen LogP contribution in [0.5, 0.6) is 5.75 Å². The Kier molecular flexibility index (Phi) is 5.05. The predicted octanol–water partition coefficient (Wildman–Crippen LogP) is 1.46. The summed E-state index contributed by atoms with van der Waals surface area (Å²) >= 11 is 4.86. The summed E-state index contributed by atoms with van der Waals surface area (Å²) in [7, 11) is 0. The van der Waals surface area contributed by atoms with Crippen LogP contribution < -0.4 is 16.0 Å². The van der Waals surface area contributed by atoms with Crippen molar-refractivity contribution < 1.29 is 4.74 Å². The smallest absolute Gasteiger partial charge is 0.267 e. The molecular weight excluding hydrogens is 286 g/mol. The fraction of sp³-hybridized carbons (Fsp3) is 0.267. The molecule has 21 heavy (non-hydrogen) atoms. The van der Waals surface area contributed by atoms with E-state index < -0.39 is 0 Å². The van der Waals surface area contributed by atoms with Crippen LogP contribution in [-0.2, 0) is 13.0 Å². The molecule has 0 aliphatic heterocycles. The Hall–Kier alpha value is -2.21. The van der Waals surface area contributed by atoms with Gasteiger partial charge in [-0.25, -0.2) is 4.68 Å². The van der Waals surface area contributed by atoms with Gasteiger partial charge in [-0.2, -0.15) is 5.10 Å². The third-order valence-electron chi connectivity index (χ3n) is 2.88. The van der Waals surface area contributed by atoms with Gasteiger partial charge in [0.15, 0.2) is 0 Å². The number of benzene rings is 1. The van der Waals surface area contributed by atoms with Crippen LogP contribution in [0.15, 0.2) is 41.3 Å². The van der Waals surface area contributed by atoms with Gasteiger partial charge in [0.2, 0.25) is 0 Å². The van der Waals surface area contributed by atoms with Gasteiger partial charge in [0.05, 0.1) is 17.7 Å². The number of aromatic nitrogens is 2. The van der Waals surface area contributed by atoms with Crippen molar-refractivity contribution in [1.82, 2.24) is 9.78 Å². The van der Waals surface area contributed by atoms with E-state index in [0.717, 1.165) is 16.9 Å². The zero-order valence-electron chi connectivity index (χ0n) is 11.8. The summed E-state index contributed by atoms with van der Waals surface area (Å²) in [6, 6.07) is 9.12. The maximum atomic E-state index is 11.7. The Morgan fingerprint density at radius 3 is 2.71 bits per heavy atom. The maximum absolute atomic E-state index is 11.7. The van der Waals surface area contributed by atoms with Crippen LogP contribution in [0.4, 0.5) is 0 Å². The molecule has 0 amide bonds. The van der Waals surface area contributed by atoms with Gasteiger partial charge < -0.3 is 10.5 Å². The molecule has 0 fully saturated rings. The van der Waals surface area contributed by atoms with Gasteiger partial charge >= 0.3 is 0 Å². The summed E-state index contributed by atoms with van der Waals surface area (Å²) in [5, 5.41) is 4.05. The van der Waals surface area contributed by atoms with E-state index in [4.69, 9.17) is 22.7 Å². The van der Waals surface area contributed by atoms with Crippen molar-refractivity contribution in [3.05, 3.63) is 58.0 Å². The molecule has 0 aliphatic rings. The minimum atomic E-state index is -0.120. The van der Waals surface area contributed by atoms with Crippen molar-refractivity contribution in [3.8, 4) is 5.75 Å². The fourth-order valence-electron chi connectivity index (χ4n) is 1.85. The van der Waals surface area contributed by atoms with Crippen molar-refractivity contribution in [2.75, 3.05) is 6.61 Å². The van der Waals surface area contributed by atoms with Crippen molar-refractivity contribution in [1.29, 1.82) is 0 Å². The lowest BCUT2D eigenvalue weighted by Crippen LogP contribution is -2.25. The SMILES string of the molecule is Cc1cnn(CCOc2ccc(CC(N)=S)cc2)c(=O)c1. The lowest BCUT2D eigenvalue weighted by Gasteiger charge is -2.08. The highest BCUT2D eigenvalue weighted by Crippen LogP contribution is 2.12. The Balaban J connectivity index is 1.88. The number of thiocarbonyl (C=S) groups is 1. The predicted molar refractivity (Wildman–Crippen MR) is 85.7 cm³/mol. The third kappa shape index (κ3) is 4.68. The molecule has 0 spiro atoms. The molecule has 0 bridgehead atoms. The molecule has 2 N–H and O–H groups in total. The summed E-state index contributed by atoms with van der Waals surface area (Å²) in [5.41, 5.74) is 7.27. The van der Waals surface area contributed by atoms with Gasteiger partial charge in [0.25, 0.3) is 5.56 Å². The summed E-state index contributed by atoms with van der Waals surface area (Å²) < 4.78 is 6.97. The fourth-order valence-corrected chi connectivity index (χ4v) is 2.01. The van der Waals surface area contributed by atoms with Crippen LogP contribution >= 0.6 is 12.2 Å². The first kappa shape index (κ1) is 15.2. The molecule has 0 radical (unpaired) electrons. The number of nitrogens with two attached hydrogens (primary N) is 1. The van der Waals surface area contributed by atoms with Crippen LogP contribution in [0, 0.1) is 6.92 Å². The highest BCUT2D eigenvalue weighted by molar-refractivity contribution is 7.80. The molecule has 0 aliphatic carbocycles. The zero-order valence-corrected chi connectivity index (χ0v) is 12.6.